The van der Waals surface area contributed by atoms with Crippen molar-refractivity contribution in [3.8, 4) is 5.69 Å². The molecule has 31 heavy (non-hydrogen) atoms. The average molecular weight is 430 g/mol. The lowest BCUT2D eigenvalue weighted by atomic mass is 9.73. The number of benzene rings is 2. The van der Waals surface area contributed by atoms with Crippen LogP contribution in [0, 0.1) is 0 Å². The van der Waals surface area contributed by atoms with Crippen LogP contribution in [0.1, 0.15) is 29.5 Å². The fourth-order valence-electron chi connectivity index (χ4n) is 3.82. The van der Waals surface area contributed by atoms with Gasteiger partial charge in [0.15, 0.2) is 0 Å². The second-order valence-electron chi connectivity index (χ2n) is 7.46. The Bertz CT molecular complexity index is 1030. The summed E-state index contributed by atoms with van der Waals surface area (Å²) >= 11 is 0. The van der Waals surface area contributed by atoms with Gasteiger partial charge in [-0.15, -0.1) is 0 Å². The summed E-state index contributed by atoms with van der Waals surface area (Å²) < 4.78 is 46.7. The smallest absolute Gasteiger partial charge is 0.381 e. The number of halogens is 3. The Balaban J connectivity index is 1.52. The first-order valence-electron chi connectivity index (χ1n) is 9.86. The number of alkyl halides is 3. The predicted octanol–water partition coefficient (Wildman–Crippen LogP) is 3.65. The van der Waals surface area contributed by atoms with Gasteiger partial charge in [0, 0.05) is 19.8 Å². The van der Waals surface area contributed by atoms with Crippen LogP contribution < -0.4 is 5.32 Å². The van der Waals surface area contributed by atoms with Crippen LogP contribution >= 0.6 is 0 Å². The zero-order valence-electron chi connectivity index (χ0n) is 16.6. The van der Waals surface area contributed by atoms with E-state index in [1.54, 1.807) is 17.1 Å². The zero-order chi connectivity index (χ0) is 21.9. The van der Waals surface area contributed by atoms with E-state index in [0.717, 1.165) is 23.4 Å². The number of nitrogens with zero attached hydrogens (tertiary/aromatic N) is 3. The van der Waals surface area contributed by atoms with Gasteiger partial charge in [-0.2, -0.15) is 18.3 Å². The number of rotatable bonds is 5. The first-order chi connectivity index (χ1) is 14.9. The van der Waals surface area contributed by atoms with Crippen LogP contribution in [-0.4, -0.2) is 33.9 Å². The summed E-state index contributed by atoms with van der Waals surface area (Å²) in [6.07, 6.45) is -0.794. The third-order valence-electron chi connectivity index (χ3n) is 5.60. The van der Waals surface area contributed by atoms with Gasteiger partial charge >= 0.3 is 6.18 Å². The largest absolute Gasteiger partial charge is 0.416 e. The lowest BCUT2D eigenvalue weighted by molar-refractivity contribution is -0.138. The molecule has 1 aliphatic heterocycles. The second-order valence-corrected chi connectivity index (χ2v) is 7.46. The zero-order valence-corrected chi connectivity index (χ0v) is 16.6. The number of hydrogen-bond acceptors (Lipinski definition) is 4. The van der Waals surface area contributed by atoms with E-state index in [2.05, 4.69) is 15.4 Å². The Labute approximate surface area is 177 Å². The molecule has 0 spiro atoms. The van der Waals surface area contributed by atoms with Crippen molar-refractivity contribution in [3.05, 3.63) is 77.9 Å². The van der Waals surface area contributed by atoms with Crippen LogP contribution in [0.4, 0.5) is 13.2 Å². The van der Waals surface area contributed by atoms with E-state index in [0.29, 0.717) is 31.6 Å². The molecule has 9 heteroatoms. The quantitative estimate of drug-likeness (QED) is 0.671. The number of aromatic nitrogens is 3. The Morgan fingerprint density at radius 1 is 1.13 bits per heavy atom. The summed E-state index contributed by atoms with van der Waals surface area (Å²) in [7, 11) is 0. The van der Waals surface area contributed by atoms with Gasteiger partial charge in [0.05, 0.1) is 16.7 Å². The van der Waals surface area contributed by atoms with Crippen molar-refractivity contribution >= 4 is 5.91 Å². The predicted molar refractivity (Wildman–Crippen MR) is 106 cm³/mol. The van der Waals surface area contributed by atoms with Crippen LogP contribution in [0.3, 0.4) is 0 Å². The molecule has 4 rings (SSSR count). The van der Waals surface area contributed by atoms with E-state index < -0.39 is 17.2 Å². The van der Waals surface area contributed by atoms with Crippen molar-refractivity contribution in [2.75, 3.05) is 13.2 Å². The minimum atomic E-state index is -4.47. The number of nitrogens with one attached hydrogen (secondary N) is 1. The molecule has 162 valence electrons. The van der Waals surface area contributed by atoms with Crippen LogP contribution in [0.25, 0.3) is 5.69 Å². The molecule has 1 saturated heterocycles. The molecular formula is C22H21F3N4O2. The first-order valence-corrected chi connectivity index (χ1v) is 9.86. The number of ether oxygens (including phenoxy) is 1. The Morgan fingerprint density at radius 3 is 2.52 bits per heavy atom. The molecule has 0 aliphatic carbocycles. The molecule has 2 heterocycles. The topological polar surface area (TPSA) is 69.0 Å². The van der Waals surface area contributed by atoms with E-state index in [4.69, 9.17) is 4.74 Å². The highest BCUT2D eigenvalue weighted by Gasteiger charge is 2.43. The lowest BCUT2D eigenvalue weighted by Crippen LogP contribution is -2.47. The van der Waals surface area contributed by atoms with Crippen molar-refractivity contribution in [1.82, 2.24) is 20.1 Å². The first kappa shape index (κ1) is 21.0. The van der Waals surface area contributed by atoms with Crippen LogP contribution in [-0.2, 0) is 27.7 Å². The van der Waals surface area contributed by atoms with Crippen molar-refractivity contribution in [2.45, 2.75) is 31.0 Å². The summed E-state index contributed by atoms with van der Waals surface area (Å²) in [5.74, 6) is -0.296. The van der Waals surface area contributed by atoms with Gasteiger partial charge in [0.1, 0.15) is 12.7 Å². The van der Waals surface area contributed by atoms with Crippen molar-refractivity contribution < 1.29 is 22.7 Å². The molecule has 0 bridgehead atoms. The Hall–Kier alpha value is -3.20. The summed E-state index contributed by atoms with van der Waals surface area (Å²) in [6.45, 7) is 0.893. The lowest BCUT2D eigenvalue weighted by Gasteiger charge is -2.36. The highest BCUT2D eigenvalue weighted by Crippen LogP contribution is 2.38. The molecule has 1 N–H and O–H groups in total. The van der Waals surface area contributed by atoms with Crippen molar-refractivity contribution in [3.63, 3.8) is 0 Å². The number of carbonyl (C=O) groups is 1. The molecule has 1 aromatic heterocycles. The van der Waals surface area contributed by atoms with Gasteiger partial charge in [-0.25, -0.2) is 9.67 Å². The molecule has 0 saturated carbocycles. The average Bonchev–Trinajstić information content (AvgIpc) is 3.33. The molecule has 1 amide bonds. The van der Waals surface area contributed by atoms with Crippen LogP contribution in [0.5, 0.6) is 0 Å². The third-order valence-corrected chi connectivity index (χ3v) is 5.60. The standard InChI is InChI=1S/C22H21F3N4O2/c23-22(24,25)18-3-1-2-17(12-18)21(8-10-31-11-9-21)20(30)27-13-16-4-6-19(7-5-16)29-15-26-14-28-29/h1-7,12,14-15H,8-11,13H2,(H,27,30). The van der Waals surface area contributed by atoms with Gasteiger partial charge in [0.25, 0.3) is 0 Å². The molecular weight excluding hydrogens is 409 g/mol. The normalized spacial score (nSPS) is 16.1. The molecule has 0 radical (unpaired) electrons. The van der Waals surface area contributed by atoms with Gasteiger partial charge in [0.2, 0.25) is 5.91 Å². The van der Waals surface area contributed by atoms with E-state index in [1.807, 2.05) is 24.3 Å². The van der Waals surface area contributed by atoms with Crippen LogP contribution in [0.15, 0.2) is 61.2 Å². The van der Waals surface area contributed by atoms with Gasteiger partial charge < -0.3 is 10.1 Å². The molecule has 0 unspecified atom stereocenters. The van der Waals surface area contributed by atoms with E-state index in [1.165, 1.54) is 12.4 Å². The molecule has 0 atom stereocenters. The van der Waals surface area contributed by atoms with Gasteiger partial charge in [-0.3, -0.25) is 4.79 Å². The maximum Gasteiger partial charge on any atom is 0.416 e. The highest BCUT2D eigenvalue weighted by atomic mass is 19.4. The third kappa shape index (κ3) is 4.46. The SMILES string of the molecule is O=C(NCc1ccc(-n2cncn2)cc1)C1(c2cccc(C(F)(F)F)c2)CCOCC1. The molecule has 3 aromatic rings. The molecule has 1 aliphatic rings. The fraction of sp³-hybridized carbons (Fsp3) is 0.318. The van der Waals surface area contributed by atoms with E-state index in [9.17, 15) is 18.0 Å². The maximum atomic E-state index is 13.2. The minimum absolute atomic E-state index is 0.262. The second kappa shape index (κ2) is 8.50. The highest BCUT2D eigenvalue weighted by molar-refractivity contribution is 5.88. The summed E-state index contributed by atoms with van der Waals surface area (Å²) in [5, 5.41) is 6.97. The Morgan fingerprint density at radius 2 is 1.87 bits per heavy atom. The minimum Gasteiger partial charge on any atom is -0.381 e. The molecule has 1 fully saturated rings. The fourth-order valence-corrected chi connectivity index (χ4v) is 3.82. The van der Waals surface area contributed by atoms with Crippen molar-refractivity contribution in [1.29, 1.82) is 0 Å². The van der Waals surface area contributed by atoms with Gasteiger partial charge in [-0.1, -0.05) is 30.3 Å². The number of hydrogen-bond donors (Lipinski definition) is 1. The monoisotopic (exact) mass is 430 g/mol. The molecule has 6 nitrogen and oxygen atoms in total. The Kier molecular flexibility index (Phi) is 5.77. The van der Waals surface area contributed by atoms with Crippen molar-refractivity contribution in [2.24, 2.45) is 0 Å². The summed E-state index contributed by atoms with van der Waals surface area (Å²) in [6, 6.07) is 12.5. The van der Waals surface area contributed by atoms with E-state index in [-0.39, 0.29) is 12.5 Å². The number of amides is 1. The summed E-state index contributed by atoms with van der Waals surface area (Å²) in [4.78, 5) is 17.1. The van der Waals surface area contributed by atoms with E-state index >= 15 is 0 Å². The van der Waals surface area contributed by atoms with Crippen LogP contribution in [0.2, 0.25) is 0 Å². The molecule has 2 aromatic carbocycles. The number of carbonyl (C=O) groups excluding carboxylic acids is 1. The van der Waals surface area contributed by atoms with Gasteiger partial charge in [-0.05, 0) is 42.2 Å². The maximum absolute atomic E-state index is 13.2. The summed E-state index contributed by atoms with van der Waals surface area (Å²) in [5.41, 5.74) is 0.248.